The van der Waals surface area contributed by atoms with Crippen LogP contribution in [0.3, 0.4) is 0 Å². The van der Waals surface area contributed by atoms with Crippen molar-refractivity contribution in [2.24, 2.45) is 0 Å². The summed E-state index contributed by atoms with van der Waals surface area (Å²) in [6.45, 7) is 4.89. The Morgan fingerprint density at radius 3 is 2.36 bits per heavy atom. The van der Waals surface area contributed by atoms with E-state index >= 15 is 0 Å². The number of benzene rings is 3. The third-order valence-electron chi connectivity index (χ3n) is 4.80. The molecule has 1 N–H and O–H groups in total. The molecule has 0 fully saturated rings. The van der Waals surface area contributed by atoms with Crippen molar-refractivity contribution in [2.45, 2.75) is 20.5 Å². The first kappa shape index (κ1) is 23.4. The zero-order chi connectivity index (χ0) is 23.6. The number of ether oxygens (including phenoxy) is 3. The lowest BCUT2D eigenvalue weighted by Crippen LogP contribution is -2.13. The number of carbonyl (C=O) groups is 1. The van der Waals surface area contributed by atoms with Gasteiger partial charge >= 0.3 is 0 Å². The molecule has 6 nitrogen and oxygen atoms in total. The number of aryl methyl sites for hydroxylation is 1. The van der Waals surface area contributed by atoms with Gasteiger partial charge < -0.3 is 19.5 Å². The maximum absolute atomic E-state index is 12.6. The van der Waals surface area contributed by atoms with Crippen molar-refractivity contribution >= 4 is 17.7 Å². The average Bonchev–Trinajstić information content (AvgIpc) is 2.84. The van der Waals surface area contributed by atoms with Crippen LogP contribution >= 0.6 is 0 Å². The van der Waals surface area contributed by atoms with Crippen molar-refractivity contribution in [1.29, 1.82) is 5.26 Å². The van der Waals surface area contributed by atoms with Gasteiger partial charge in [-0.1, -0.05) is 35.9 Å². The molecule has 33 heavy (non-hydrogen) atoms. The number of anilines is 1. The first-order chi connectivity index (χ1) is 16.0. The zero-order valence-electron chi connectivity index (χ0n) is 18.9. The molecule has 0 heterocycles. The van der Waals surface area contributed by atoms with Gasteiger partial charge in [0.1, 0.15) is 24.0 Å². The Hall–Kier alpha value is -4.24. The Morgan fingerprint density at radius 2 is 1.73 bits per heavy atom. The van der Waals surface area contributed by atoms with E-state index in [4.69, 9.17) is 14.2 Å². The van der Waals surface area contributed by atoms with Crippen molar-refractivity contribution < 1.29 is 19.0 Å². The second-order valence-corrected chi connectivity index (χ2v) is 7.27. The Bertz CT molecular complexity index is 1160. The molecular weight excluding hydrogens is 416 g/mol. The fourth-order valence-corrected chi connectivity index (χ4v) is 3.05. The van der Waals surface area contributed by atoms with Gasteiger partial charge in [-0.05, 0) is 67.4 Å². The van der Waals surface area contributed by atoms with Crippen LogP contribution in [-0.4, -0.2) is 19.6 Å². The fraction of sp³-hybridized carbons (Fsp3) is 0.185. The largest absolute Gasteiger partial charge is 0.493 e. The molecule has 6 heteroatoms. The van der Waals surface area contributed by atoms with Gasteiger partial charge in [-0.25, -0.2) is 0 Å². The fourth-order valence-electron chi connectivity index (χ4n) is 3.05. The highest BCUT2D eigenvalue weighted by molar-refractivity contribution is 6.09. The Morgan fingerprint density at radius 1 is 1.00 bits per heavy atom. The smallest absolute Gasteiger partial charge is 0.266 e. The molecule has 3 aromatic rings. The molecule has 0 bridgehead atoms. The highest BCUT2D eigenvalue weighted by Crippen LogP contribution is 2.29. The molecule has 168 valence electrons. The molecule has 0 atom stereocenters. The predicted octanol–water partition coefficient (Wildman–Crippen LogP) is 5.53. The summed E-state index contributed by atoms with van der Waals surface area (Å²) in [5.41, 5.74) is 3.47. The van der Waals surface area contributed by atoms with Gasteiger partial charge in [0.25, 0.3) is 5.91 Å². The van der Waals surface area contributed by atoms with Gasteiger partial charge in [-0.2, -0.15) is 5.26 Å². The van der Waals surface area contributed by atoms with Gasteiger partial charge in [0.05, 0.1) is 13.7 Å². The number of nitrogens with one attached hydrogen (secondary N) is 1. The van der Waals surface area contributed by atoms with Crippen molar-refractivity contribution in [3.63, 3.8) is 0 Å². The Labute approximate surface area is 194 Å². The van der Waals surface area contributed by atoms with E-state index in [1.165, 1.54) is 18.7 Å². The minimum Gasteiger partial charge on any atom is -0.493 e. The highest BCUT2D eigenvalue weighted by atomic mass is 16.5. The summed E-state index contributed by atoms with van der Waals surface area (Å²) in [6.07, 6.45) is 1.51. The van der Waals surface area contributed by atoms with Gasteiger partial charge in [-0.15, -0.1) is 0 Å². The number of hydrogen-bond donors (Lipinski definition) is 1. The van der Waals surface area contributed by atoms with E-state index in [-0.39, 0.29) is 5.57 Å². The average molecular weight is 443 g/mol. The maximum Gasteiger partial charge on any atom is 0.266 e. The second-order valence-electron chi connectivity index (χ2n) is 7.27. The van der Waals surface area contributed by atoms with E-state index in [0.29, 0.717) is 41.7 Å². The van der Waals surface area contributed by atoms with Gasteiger partial charge in [0, 0.05) is 5.69 Å². The summed E-state index contributed by atoms with van der Waals surface area (Å²) in [7, 11) is 1.54. The van der Waals surface area contributed by atoms with Crippen LogP contribution in [-0.2, 0) is 11.4 Å². The number of amides is 1. The molecular formula is C27H26N2O4. The number of rotatable bonds is 9. The van der Waals surface area contributed by atoms with Crippen molar-refractivity contribution in [3.05, 3.63) is 89.0 Å². The number of methoxy groups -OCH3 is 1. The summed E-state index contributed by atoms with van der Waals surface area (Å²) >= 11 is 0. The van der Waals surface area contributed by atoms with E-state index in [1.807, 2.05) is 44.2 Å². The minimum absolute atomic E-state index is 0.0269. The van der Waals surface area contributed by atoms with Crippen LogP contribution in [0, 0.1) is 18.3 Å². The monoisotopic (exact) mass is 442 g/mol. The number of hydrogen-bond acceptors (Lipinski definition) is 5. The van der Waals surface area contributed by atoms with Crippen LogP contribution in [0.5, 0.6) is 17.2 Å². The quantitative estimate of drug-likeness (QED) is 0.348. The highest BCUT2D eigenvalue weighted by Gasteiger charge is 2.11. The van der Waals surface area contributed by atoms with Gasteiger partial charge in [0.15, 0.2) is 11.5 Å². The second kappa shape index (κ2) is 11.4. The third-order valence-corrected chi connectivity index (χ3v) is 4.80. The molecule has 0 aliphatic carbocycles. The molecule has 0 aliphatic rings. The summed E-state index contributed by atoms with van der Waals surface area (Å²) in [4.78, 5) is 12.6. The minimum atomic E-state index is -0.501. The predicted molar refractivity (Wildman–Crippen MR) is 128 cm³/mol. The number of nitrogens with zero attached hydrogens (tertiary/aromatic N) is 1. The molecule has 0 saturated carbocycles. The van der Waals surface area contributed by atoms with Crippen molar-refractivity contribution in [2.75, 3.05) is 19.0 Å². The van der Waals surface area contributed by atoms with Crippen LogP contribution in [0.4, 0.5) is 5.69 Å². The molecule has 0 saturated heterocycles. The summed E-state index contributed by atoms with van der Waals surface area (Å²) in [5.74, 6) is 1.32. The molecule has 0 unspecified atom stereocenters. The number of carbonyl (C=O) groups excluding carboxylic acids is 1. The Kier molecular flexibility index (Phi) is 8.09. The van der Waals surface area contributed by atoms with Crippen molar-refractivity contribution in [3.8, 4) is 23.3 Å². The molecule has 0 aromatic heterocycles. The van der Waals surface area contributed by atoms with Crippen LogP contribution < -0.4 is 19.5 Å². The third kappa shape index (κ3) is 6.62. The Balaban J connectivity index is 1.64. The molecule has 0 radical (unpaired) electrons. The van der Waals surface area contributed by atoms with Gasteiger partial charge in [0.2, 0.25) is 0 Å². The normalized spacial score (nSPS) is 10.8. The van der Waals surface area contributed by atoms with Crippen LogP contribution in [0.2, 0.25) is 0 Å². The molecule has 3 rings (SSSR count). The molecule has 0 aliphatic heterocycles. The summed E-state index contributed by atoms with van der Waals surface area (Å²) < 4.78 is 16.6. The maximum atomic E-state index is 12.6. The molecule has 0 spiro atoms. The standard InChI is InChI=1S/C27H26N2O4/c1-4-32-25-14-9-21(16-26(25)31-3)15-22(17-28)27(30)29-23-10-12-24(13-11-23)33-18-20-7-5-19(2)6-8-20/h5-16H,4,18H2,1-3H3,(H,29,30)/b22-15+. The van der Waals surface area contributed by atoms with E-state index in [1.54, 1.807) is 42.5 Å². The lowest BCUT2D eigenvalue weighted by atomic mass is 10.1. The summed E-state index contributed by atoms with van der Waals surface area (Å²) in [5, 5.41) is 12.2. The molecule has 3 aromatic carbocycles. The SMILES string of the molecule is CCOc1ccc(/C=C(\C#N)C(=O)Nc2ccc(OCc3ccc(C)cc3)cc2)cc1OC. The van der Waals surface area contributed by atoms with Crippen LogP contribution in [0.25, 0.3) is 6.08 Å². The van der Waals surface area contributed by atoms with Crippen molar-refractivity contribution in [1.82, 2.24) is 0 Å². The number of nitriles is 1. The van der Waals surface area contributed by atoms with E-state index in [2.05, 4.69) is 5.32 Å². The molecule has 1 amide bonds. The van der Waals surface area contributed by atoms with E-state index < -0.39 is 5.91 Å². The van der Waals surface area contributed by atoms with Gasteiger partial charge in [-0.3, -0.25) is 4.79 Å². The lowest BCUT2D eigenvalue weighted by Gasteiger charge is -2.10. The van der Waals surface area contributed by atoms with Crippen LogP contribution in [0.1, 0.15) is 23.6 Å². The van der Waals surface area contributed by atoms with E-state index in [0.717, 1.165) is 5.56 Å². The van der Waals surface area contributed by atoms with E-state index in [9.17, 15) is 10.1 Å². The zero-order valence-corrected chi connectivity index (χ0v) is 18.9. The first-order valence-corrected chi connectivity index (χ1v) is 10.5. The summed E-state index contributed by atoms with van der Waals surface area (Å²) in [6, 6.07) is 22.3. The lowest BCUT2D eigenvalue weighted by molar-refractivity contribution is -0.112. The topological polar surface area (TPSA) is 80.6 Å². The van der Waals surface area contributed by atoms with Crippen LogP contribution in [0.15, 0.2) is 72.3 Å². The first-order valence-electron chi connectivity index (χ1n) is 10.5.